The summed E-state index contributed by atoms with van der Waals surface area (Å²) in [7, 11) is 0. The number of nitrogens with two attached hydrogens (primary N) is 1. The van der Waals surface area contributed by atoms with Gasteiger partial charge in [0.15, 0.2) is 0 Å². The Kier molecular flexibility index (Phi) is 4.73. The lowest BCUT2D eigenvalue weighted by atomic mass is 9.91. The predicted octanol–water partition coefficient (Wildman–Crippen LogP) is 1.27. The quantitative estimate of drug-likeness (QED) is 0.541. The number of nitrogens with one attached hydrogen (secondary N) is 1. The van der Waals surface area contributed by atoms with Crippen LogP contribution in [-0.4, -0.2) is 34.3 Å². The number of nitrogen functional groups attached to an aromatic ring is 1. The van der Waals surface area contributed by atoms with Gasteiger partial charge < -0.3 is 10.0 Å². The molecule has 0 spiro atoms. The number of nitrogens with zero attached hydrogens (tertiary/aromatic N) is 3. The highest BCUT2D eigenvalue weighted by atomic mass is 79.9. The lowest BCUT2D eigenvalue weighted by molar-refractivity contribution is 0.282. The second kappa shape index (κ2) is 6.31. The molecule has 1 heterocycles. The topological polar surface area (TPSA) is 87.3 Å². The number of hydrazine groups is 1. The van der Waals surface area contributed by atoms with Crippen molar-refractivity contribution in [3.05, 3.63) is 10.7 Å². The van der Waals surface area contributed by atoms with E-state index in [0.29, 0.717) is 12.0 Å². The largest absolute Gasteiger partial charge is 0.396 e. The summed E-state index contributed by atoms with van der Waals surface area (Å²) in [6, 6.07) is 0.508. The monoisotopic (exact) mass is 315 g/mol. The number of aliphatic hydroxyl groups is 1. The number of anilines is 2. The smallest absolute Gasteiger partial charge is 0.239 e. The Morgan fingerprint density at radius 2 is 2.33 bits per heavy atom. The van der Waals surface area contributed by atoms with Crippen LogP contribution < -0.4 is 16.2 Å². The van der Waals surface area contributed by atoms with Crippen LogP contribution in [0.5, 0.6) is 0 Å². The van der Waals surface area contributed by atoms with Crippen molar-refractivity contribution in [2.24, 2.45) is 5.84 Å². The third-order valence-corrected chi connectivity index (χ3v) is 3.76. The number of halogens is 1. The molecule has 1 aliphatic carbocycles. The maximum atomic E-state index is 9.00. The van der Waals surface area contributed by atoms with Gasteiger partial charge in [-0.2, -0.15) is 4.98 Å². The van der Waals surface area contributed by atoms with Crippen molar-refractivity contribution < 1.29 is 5.11 Å². The molecular formula is C11H18BrN5O. The molecule has 6 nitrogen and oxygen atoms in total. The van der Waals surface area contributed by atoms with Gasteiger partial charge in [0.25, 0.3) is 0 Å². The molecule has 0 bridgehead atoms. The van der Waals surface area contributed by atoms with Gasteiger partial charge in [-0.1, -0.05) is 0 Å². The third-order valence-electron chi connectivity index (χ3n) is 3.20. The van der Waals surface area contributed by atoms with Gasteiger partial charge in [0.1, 0.15) is 5.82 Å². The first-order chi connectivity index (χ1) is 8.76. The Morgan fingerprint density at radius 3 is 2.89 bits per heavy atom. The van der Waals surface area contributed by atoms with Crippen LogP contribution in [0.2, 0.25) is 0 Å². The average molecular weight is 316 g/mol. The first kappa shape index (κ1) is 13.5. The van der Waals surface area contributed by atoms with Crippen LogP contribution in [-0.2, 0) is 0 Å². The van der Waals surface area contributed by atoms with Crippen molar-refractivity contribution in [2.45, 2.75) is 31.7 Å². The fourth-order valence-electron chi connectivity index (χ4n) is 2.03. The summed E-state index contributed by atoms with van der Waals surface area (Å²) >= 11 is 3.48. The summed E-state index contributed by atoms with van der Waals surface area (Å²) in [5.41, 5.74) is 2.46. The van der Waals surface area contributed by atoms with Gasteiger partial charge >= 0.3 is 0 Å². The molecule has 0 aliphatic heterocycles. The first-order valence-electron chi connectivity index (χ1n) is 6.13. The van der Waals surface area contributed by atoms with Crippen molar-refractivity contribution in [1.29, 1.82) is 0 Å². The van der Waals surface area contributed by atoms with Crippen molar-refractivity contribution in [2.75, 3.05) is 23.5 Å². The summed E-state index contributed by atoms with van der Waals surface area (Å²) < 4.78 is 0.853. The molecule has 4 N–H and O–H groups in total. The highest BCUT2D eigenvalue weighted by Gasteiger charge is 2.27. The number of aliphatic hydroxyl groups excluding tert-OH is 1. The van der Waals surface area contributed by atoms with E-state index >= 15 is 0 Å². The van der Waals surface area contributed by atoms with E-state index in [9.17, 15) is 0 Å². The normalized spacial score (nSPS) is 15.3. The molecule has 1 aromatic heterocycles. The average Bonchev–Trinajstić information content (AvgIpc) is 2.33. The van der Waals surface area contributed by atoms with Crippen LogP contribution in [0, 0.1) is 0 Å². The fourth-order valence-corrected chi connectivity index (χ4v) is 2.45. The number of hydrogen-bond acceptors (Lipinski definition) is 6. The molecule has 0 unspecified atom stereocenters. The molecule has 1 saturated carbocycles. The lowest BCUT2D eigenvalue weighted by Gasteiger charge is -2.38. The third kappa shape index (κ3) is 2.90. The molecule has 0 aromatic carbocycles. The highest BCUT2D eigenvalue weighted by molar-refractivity contribution is 9.10. The fraction of sp³-hybridized carbons (Fsp3) is 0.636. The minimum atomic E-state index is 0.188. The molecular weight excluding hydrogens is 298 g/mol. The van der Waals surface area contributed by atoms with Crippen LogP contribution >= 0.6 is 15.9 Å². The van der Waals surface area contributed by atoms with Crippen LogP contribution in [0.3, 0.4) is 0 Å². The number of hydrogen-bond donors (Lipinski definition) is 3. The minimum absolute atomic E-state index is 0.188. The molecule has 0 radical (unpaired) electrons. The van der Waals surface area contributed by atoms with Crippen molar-refractivity contribution >= 4 is 27.7 Å². The van der Waals surface area contributed by atoms with Gasteiger partial charge in [-0.15, -0.1) is 0 Å². The summed E-state index contributed by atoms with van der Waals surface area (Å²) in [6.45, 7) is 0.981. The summed E-state index contributed by atoms with van der Waals surface area (Å²) in [6.07, 6.45) is 6.03. The maximum Gasteiger partial charge on any atom is 0.239 e. The molecule has 7 heteroatoms. The van der Waals surface area contributed by atoms with E-state index in [2.05, 4.69) is 36.2 Å². The Labute approximate surface area is 115 Å². The molecule has 0 amide bonds. The zero-order chi connectivity index (χ0) is 13.0. The van der Waals surface area contributed by atoms with Gasteiger partial charge in [-0.3, -0.25) is 5.43 Å². The van der Waals surface area contributed by atoms with E-state index in [1.165, 1.54) is 19.3 Å². The van der Waals surface area contributed by atoms with Crippen molar-refractivity contribution in [3.63, 3.8) is 0 Å². The van der Waals surface area contributed by atoms with E-state index in [1.807, 2.05) is 0 Å². The second-order valence-electron chi connectivity index (χ2n) is 4.36. The van der Waals surface area contributed by atoms with Crippen molar-refractivity contribution in [3.8, 4) is 0 Å². The number of rotatable bonds is 6. The molecule has 100 valence electrons. The van der Waals surface area contributed by atoms with E-state index < -0.39 is 0 Å². The Hall–Kier alpha value is -0.920. The zero-order valence-electron chi connectivity index (χ0n) is 10.1. The van der Waals surface area contributed by atoms with Gasteiger partial charge in [0, 0.05) is 25.4 Å². The van der Waals surface area contributed by atoms with E-state index in [4.69, 9.17) is 10.9 Å². The Balaban J connectivity index is 2.22. The van der Waals surface area contributed by atoms with Crippen LogP contribution in [0.1, 0.15) is 25.7 Å². The molecule has 0 atom stereocenters. The zero-order valence-corrected chi connectivity index (χ0v) is 11.7. The molecule has 1 aromatic rings. The molecule has 0 saturated heterocycles. The van der Waals surface area contributed by atoms with E-state index in [1.54, 1.807) is 6.20 Å². The first-order valence-corrected chi connectivity index (χ1v) is 6.92. The second-order valence-corrected chi connectivity index (χ2v) is 5.22. The van der Waals surface area contributed by atoms with Gasteiger partial charge in [0.2, 0.25) is 5.95 Å². The summed E-state index contributed by atoms with van der Waals surface area (Å²) in [5, 5.41) is 9.00. The Bertz CT molecular complexity index is 399. The van der Waals surface area contributed by atoms with Crippen LogP contribution in [0.4, 0.5) is 11.8 Å². The van der Waals surface area contributed by atoms with Gasteiger partial charge in [0.05, 0.1) is 4.47 Å². The molecule has 2 rings (SSSR count). The molecule has 1 fully saturated rings. The standard InChI is InChI=1S/C11H18BrN5O/c12-9-7-14-11(16-13)15-10(9)17(5-2-6-18)8-3-1-4-8/h7-8,18H,1-6,13H2,(H,14,15,16). The maximum absolute atomic E-state index is 9.00. The lowest BCUT2D eigenvalue weighted by Crippen LogP contribution is -2.42. The molecule has 1 aliphatic rings. The summed E-state index contributed by atoms with van der Waals surface area (Å²) in [5.74, 6) is 6.59. The van der Waals surface area contributed by atoms with Crippen molar-refractivity contribution in [1.82, 2.24) is 9.97 Å². The van der Waals surface area contributed by atoms with Gasteiger partial charge in [-0.05, 0) is 41.6 Å². The summed E-state index contributed by atoms with van der Waals surface area (Å²) in [4.78, 5) is 10.7. The SMILES string of the molecule is NNc1ncc(Br)c(N(CCCO)C2CCC2)n1. The minimum Gasteiger partial charge on any atom is -0.396 e. The Morgan fingerprint density at radius 1 is 1.56 bits per heavy atom. The van der Waals surface area contributed by atoms with E-state index in [-0.39, 0.29) is 6.61 Å². The predicted molar refractivity (Wildman–Crippen MR) is 74.2 cm³/mol. The molecule has 18 heavy (non-hydrogen) atoms. The van der Waals surface area contributed by atoms with E-state index in [0.717, 1.165) is 23.3 Å². The van der Waals surface area contributed by atoms with Crippen LogP contribution in [0.15, 0.2) is 10.7 Å². The van der Waals surface area contributed by atoms with Gasteiger partial charge in [-0.25, -0.2) is 10.8 Å². The highest BCUT2D eigenvalue weighted by Crippen LogP contribution is 2.32. The van der Waals surface area contributed by atoms with Crippen LogP contribution in [0.25, 0.3) is 0 Å². The number of aromatic nitrogens is 2.